The molecule has 1 rings (SSSR count). The van der Waals surface area contributed by atoms with Crippen LogP contribution < -0.4 is 5.73 Å². The van der Waals surface area contributed by atoms with Crippen molar-refractivity contribution in [2.75, 3.05) is 18.1 Å². The predicted molar refractivity (Wildman–Crippen MR) is 65.9 cm³/mol. The minimum Gasteiger partial charge on any atom is -0.398 e. The average molecular weight is 316 g/mol. The SMILES string of the molecule is Nc1cc(Cl)ccc1S(=O)(=O)CCOP(=O)(O)O. The normalized spacial score (nSPS) is 12.6. The molecule has 4 N–H and O–H groups in total. The van der Waals surface area contributed by atoms with E-state index in [2.05, 4.69) is 4.52 Å². The van der Waals surface area contributed by atoms with Gasteiger partial charge < -0.3 is 15.5 Å². The van der Waals surface area contributed by atoms with E-state index >= 15 is 0 Å². The molecule has 0 aliphatic rings. The number of nitrogen functional groups attached to an aromatic ring is 1. The number of halogens is 1. The molecule has 0 heterocycles. The number of hydrogen-bond acceptors (Lipinski definition) is 5. The van der Waals surface area contributed by atoms with Crippen LogP contribution in [0.15, 0.2) is 23.1 Å². The van der Waals surface area contributed by atoms with E-state index in [1.54, 1.807) is 0 Å². The van der Waals surface area contributed by atoms with Gasteiger partial charge in [0.05, 0.1) is 22.9 Å². The maximum atomic E-state index is 11.8. The lowest BCUT2D eigenvalue weighted by Crippen LogP contribution is -2.13. The zero-order valence-corrected chi connectivity index (χ0v) is 11.5. The van der Waals surface area contributed by atoms with Crippen LogP contribution in [0, 0.1) is 0 Å². The van der Waals surface area contributed by atoms with Crippen LogP contribution in [0.3, 0.4) is 0 Å². The van der Waals surface area contributed by atoms with Crippen LogP contribution in [-0.2, 0) is 18.9 Å². The highest BCUT2D eigenvalue weighted by atomic mass is 35.5. The number of nitrogens with two attached hydrogens (primary N) is 1. The van der Waals surface area contributed by atoms with Gasteiger partial charge in [-0.3, -0.25) is 4.52 Å². The van der Waals surface area contributed by atoms with Gasteiger partial charge in [-0.15, -0.1) is 0 Å². The largest absolute Gasteiger partial charge is 0.469 e. The first-order chi connectivity index (χ1) is 8.12. The Labute approximate surface area is 109 Å². The predicted octanol–water partition coefficient (Wildman–Crippen LogP) is 0.805. The summed E-state index contributed by atoms with van der Waals surface area (Å²) in [5.74, 6) is -0.593. The summed E-state index contributed by atoms with van der Waals surface area (Å²) in [4.78, 5) is 16.7. The third-order valence-corrected chi connectivity index (χ3v) is 4.42. The van der Waals surface area contributed by atoms with E-state index in [1.165, 1.54) is 18.2 Å². The molecule has 102 valence electrons. The standard InChI is InChI=1S/C8H11ClNO6PS/c9-6-1-2-8(7(10)5-6)18(14,15)4-3-16-17(11,12)13/h1-2,5H,3-4,10H2,(H2,11,12,13). The van der Waals surface area contributed by atoms with Crippen molar-refractivity contribution in [1.29, 1.82) is 0 Å². The molecule has 0 unspecified atom stereocenters. The Balaban J connectivity index is 2.84. The lowest BCUT2D eigenvalue weighted by molar-refractivity contribution is 0.207. The molecule has 7 nitrogen and oxygen atoms in total. The zero-order valence-electron chi connectivity index (χ0n) is 8.98. The maximum absolute atomic E-state index is 11.8. The summed E-state index contributed by atoms with van der Waals surface area (Å²) in [6, 6.07) is 3.86. The molecule has 0 amide bonds. The first-order valence-electron chi connectivity index (χ1n) is 4.60. The summed E-state index contributed by atoms with van der Waals surface area (Å²) in [5.41, 5.74) is 5.48. The van der Waals surface area contributed by atoms with Crippen molar-refractivity contribution in [3.05, 3.63) is 23.2 Å². The zero-order chi connectivity index (χ0) is 14.0. The molecule has 0 aromatic heterocycles. The van der Waals surface area contributed by atoms with Crippen LogP contribution in [0.4, 0.5) is 5.69 Å². The molecular formula is C8H11ClNO6PS. The van der Waals surface area contributed by atoms with Crippen LogP contribution in [0.1, 0.15) is 0 Å². The monoisotopic (exact) mass is 315 g/mol. The van der Waals surface area contributed by atoms with E-state index in [1.807, 2.05) is 0 Å². The van der Waals surface area contributed by atoms with Crippen molar-refractivity contribution in [3.63, 3.8) is 0 Å². The number of hydrogen-bond donors (Lipinski definition) is 3. The molecular weight excluding hydrogens is 305 g/mol. The van der Waals surface area contributed by atoms with E-state index in [9.17, 15) is 13.0 Å². The summed E-state index contributed by atoms with van der Waals surface area (Å²) < 4.78 is 38.1. The van der Waals surface area contributed by atoms with Gasteiger partial charge in [-0.25, -0.2) is 13.0 Å². The smallest absolute Gasteiger partial charge is 0.398 e. The first-order valence-corrected chi connectivity index (χ1v) is 8.16. The Morgan fingerprint density at radius 3 is 2.50 bits per heavy atom. The fourth-order valence-electron chi connectivity index (χ4n) is 1.18. The van der Waals surface area contributed by atoms with Gasteiger partial charge in [0.15, 0.2) is 9.84 Å². The molecule has 0 saturated heterocycles. The third kappa shape index (κ3) is 4.56. The summed E-state index contributed by atoms with van der Waals surface area (Å²) in [6.45, 7) is -0.630. The molecule has 0 saturated carbocycles. The van der Waals surface area contributed by atoms with Gasteiger partial charge in [-0.1, -0.05) is 11.6 Å². The Bertz CT molecular complexity index is 583. The Morgan fingerprint density at radius 1 is 1.39 bits per heavy atom. The maximum Gasteiger partial charge on any atom is 0.469 e. The number of benzene rings is 1. The molecule has 1 aromatic carbocycles. The average Bonchev–Trinajstić information content (AvgIpc) is 2.13. The van der Waals surface area contributed by atoms with Crippen LogP contribution in [-0.4, -0.2) is 30.6 Å². The second kappa shape index (κ2) is 5.56. The lowest BCUT2D eigenvalue weighted by Gasteiger charge is -2.08. The number of phosphoric acid groups is 1. The Morgan fingerprint density at radius 2 is 2.00 bits per heavy atom. The van der Waals surface area contributed by atoms with Crippen LogP contribution in [0.2, 0.25) is 5.02 Å². The highest BCUT2D eigenvalue weighted by Gasteiger charge is 2.21. The lowest BCUT2D eigenvalue weighted by atomic mass is 10.3. The van der Waals surface area contributed by atoms with Gasteiger partial charge in [-0.2, -0.15) is 0 Å². The van der Waals surface area contributed by atoms with Crippen molar-refractivity contribution < 1.29 is 27.3 Å². The first kappa shape index (κ1) is 15.4. The summed E-state index contributed by atoms with van der Waals surface area (Å²) in [6.07, 6.45) is 0. The van der Waals surface area contributed by atoms with Crippen LogP contribution >= 0.6 is 19.4 Å². The van der Waals surface area contributed by atoms with Crippen LogP contribution in [0.25, 0.3) is 0 Å². The van der Waals surface area contributed by atoms with Crippen molar-refractivity contribution in [3.8, 4) is 0 Å². The van der Waals surface area contributed by atoms with Gasteiger partial charge >= 0.3 is 7.82 Å². The van der Waals surface area contributed by atoms with Crippen molar-refractivity contribution in [2.24, 2.45) is 0 Å². The van der Waals surface area contributed by atoms with Gasteiger partial charge in [0, 0.05) is 5.02 Å². The fourth-order valence-corrected chi connectivity index (χ4v) is 3.03. The minimum absolute atomic E-state index is 0.0290. The topological polar surface area (TPSA) is 127 Å². The van der Waals surface area contributed by atoms with E-state index in [0.29, 0.717) is 0 Å². The number of phosphoric ester groups is 1. The van der Waals surface area contributed by atoms with E-state index in [4.69, 9.17) is 27.1 Å². The highest BCUT2D eigenvalue weighted by Crippen LogP contribution is 2.35. The van der Waals surface area contributed by atoms with E-state index < -0.39 is 30.0 Å². The summed E-state index contributed by atoms with van der Waals surface area (Å²) >= 11 is 5.63. The molecule has 18 heavy (non-hydrogen) atoms. The Hall–Kier alpha value is -0.630. The number of sulfone groups is 1. The highest BCUT2D eigenvalue weighted by molar-refractivity contribution is 7.91. The van der Waals surface area contributed by atoms with Crippen molar-refractivity contribution in [1.82, 2.24) is 0 Å². The van der Waals surface area contributed by atoms with Gasteiger partial charge in [-0.05, 0) is 18.2 Å². The van der Waals surface area contributed by atoms with Gasteiger partial charge in [0.2, 0.25) is 0 Å². The summed E-state index contributed by atoms with van der Waals surface area (Å²) in [5, 5.41) is 0.290. The number of anilines is 1. The molecule has 10 heteroatoms. The summed E-state index contributed by atoms with van der Waals surface area (Å²) in [7, 11) is -8.46. The van der Waals surface area contributed by atoms with Crippen molar-refractivity contribution >= 4 is 34.9 Å². The molecule has 0 bridgehead atoms. The fraction of sp³-hybridized carbons (Fsp3) is 0.250. The van der Waals surface area contributed by atoms with Crippen LogP contribution in [0.5, 0.6) is 0 Å². The molecule has 1 aromatic rings. The molecule has 0 atom stereocenters. The Kier molecular flexibility index (Phi) is 4.77. The van der Waals surface area contributed by atoms with E-state index in [0.717, 1.165) is 0 Å². The van der Waals surface area contributed by atoms with Crippen molar-refractivity contribution in [2.45, 2.75) is 4.90 Å². The quantitative estimate of drug-likeness (QED) is 0.542. The molecule has 0 radical (unpaired) electrons. The molecule has 0 fully saturated rings. The molecule has 0 aliphatic carbocycles. The van der Waals surface area contributed by atoms with Gasteiger partial charge in [0.1, 0.15) is 0 Å². The molecule has 0 spiro atoms. The second-order valence-corrected chi connectivity index (χ2v) is 7.08. The molecule has 0 aliphatic heterocycles. The number of rotatable bonds is 5. The third-order valence-electron chi connectivity index (χ3n) is 1.92. The second-order valence-electron chi connectivity index (χ2n) is 3.32. The van der Waals surface area contributed by atoms with E-state index in [-0.39, 0.29) is 15.6 Å². The minimum atomic E-state index is -4.68. The van der Waals surface area contributed by atoms with Gasteiger partial charge in [0.25, 0.3) is 0 Å².